The first kappa shape index (κ1) is 11.9. The lowest BCUT2D eigenvalue weighted by Crippen LogP contribution is -1.83. The topological polar surface area (TPSA) is 17.1 Å². The minimum atomic E-state index is 0.231. The Morgan fingerprint density at radius 3 is 2.20 bits per heavy atom. The Morgan fingerprint density at radius 2 is 1.90 bits per heavy atom. The zero-order chi connectivity index (χ0) is 8.41. The Labute approximate surface area is 63.4 Å². The number of hydrogen-bond acceptors (Lipinski definition) is 1. The zero-order valence-corrected chi connectivity index (χ0v) is 6.89. The van der Waals surface area contributed by atoms with Crippen molar-refractivity contribution in [1.82, 2.24) is 0 Å². The van der Waals surface area contributed by atoms with Crippen molar-refractivity contribution in [2.75, 3.05) is 0 Å². The molecule has 0 N–H and O–H groups in total. The Kier molecular flexibility index (Phi) is 13.1. The smallest absolute Gasteiger partial charge is 0.133 e. The number of hydrogen-bond donors (Lipinski definition) is 0. The summed E-state index contributed by atoms with van der Waals surface area (Å²) in [5.74, 6) is 0.231. The van der Waals surface area contributed by atoms with E-state index in [1.165, 1.54) is 0 Å². The van der Waals surface area contributed by atoms with Crippen LogP contribution < -0.4 is 0 Å². The molecular weight excluding hydrogens is 124 g/mol. The van der Waals surface area contributed by atoms with Crippen molar-refractivity contribution >= 4 is 5.78 Å². The van der Waals surface area contributed by atoms with Gasteiger partial charge in [-0.1, -0.05) is 19.1 Å². The molecule has 0 unspecified atom stereocenters. The van der Waals surface area contributed by atoms with Crippen molar-refractivity contribution in [3.8, 4) is 0 Å². The van der Waals surface area contributed by atoms with E-state index in [1.807, 2.05) is 12.2 Å². The molecule has 0 rings (SSSR count). The van der Waals surface area contributed by atoms with Crippen LogP contribution in [-0.2, 0) is 4.79 Å². The van der Waals surface area contributed by atoms with Crippen LogP contribution in [0.15, 0.2) is 25.3 Å². The number of ketones is 1. The van der Waals surface area contributed by atoms with Gasteiger partial charge in [0.15, 0.2) is 0 Å². The number of rotatable bonds is 3. The van der Waals surface area contributed by atoms with E-state index in [1.54, 1.807) is 6.92 Å². The van der Waals surface area contributed by atoms with Crippen LogP contribution in [0.4, 0.5) is 0 Å². The Balaban J connectivity index is 0. The summed E-state index contributed by atoms with van der Waals surface area (Å²) >= 11 is 0. The van der Waals surface area contributed by atoms with Crippen LogP contribution in [-0.4, -0.2) is 5.78 Å². The highest BCUT2D eigenvalue weighted by Crippen LogP contribution is 1.85. The molecule has 0 aliphatic carbocycles. The van der Waals surface area contributed by atoms with Crippen LogP contribution in [0.25, 0.3) is 0 Å². The first-order chi connectivity index (χ1) is 4.77. The summed E-state index contributed by atoms with van der Waals surface area (Å²) < 4.78 is 0. The van der Waals surface area contributed by atoms with Crippen LogP contribution in [0.2, 0.25) is 0 Å². The standard InChI is InChI=1S/C7H12O.C2H4/c1-3-4-5-6-7(2)8;1-2/h4-5H,3,6H2,1-2H3;1-2H2. The maximum absolute atomic E-state index is 10.3. The number of Topliss-reactive ketones (excluding diaryl/α,β-unsaturated/α-hetero) is 1. The summed E-state index contributed by atoms with van der Waals surface area (Å²) in [5.41, 5.74) is 0. The molecule has 0 heterocycles. The van der Waals surface area contributed by atoms with Gasteiger partial charge in [0.2, 0.25) is 0 Å². The van der Waals surface area contributed by atoms with Gasteiger partial charge in [0.05, 0.1) is 0 Å². The third-order valence-electron chi connectivity index (χ3n) is 0.808. The van der Waals surface area contributed by atoms with Crippen molar-refractivity contribution in [1.29, 1.82) is 0 Å². The molecular formula is C9H16O. The molecule has 0 bridgehead atoms. The van der Waals surface area contributed by atoms with Crippen molar-refractivity contribution in [3.05, 3.63) is 25.3 Å². The van der Waals surface area contributed by atoms with Crippen molar-refractivity contribution in [2.45, 2.75) is 26.7 Å². The molecule has 0 atom stereocenters. The molecule has 0 aromatic heterocycles. The number of carbonyl (C=O) groups excluding carboxylic acids is 1. The molecule has 1 nitrogen and oxygen atoms in total. The van der Waals surface area contributed by atoms with Crippen LogP contribution in [0.1, 0.15) is 26.7 Å². The average molecular weight is 140 g/mol. The van der Waals surface area contributed by atoms with Gasteiger partial charge in [-0.3, -0.25) is 4.79 Å². The minimum absolute atomic E-state index is 0.231. The second-order valence-corrected chi connectivity index (χ2v) is 1.79. The van der Waals surface area contributed by atoms with Gasteiger partial charge < -0.3 is 0 Å². The third-order valence-corrected chi connectivity index (χ3v) is 0.808. The summed E-state index contributed by atoms with van der Waals surface area (Å²) in [6, 6.07) is 0. The van der Waals surface area contributed by atoms with E-state index < -0.39 is 0 Å². The zero-order valence-electron chi connectivity index (χ0n) is 6.89. The lowest BCUT2D eigenvalue weighted by atomic mass is 10.3. The van der Waals surface area contributed by atoms with E-state index in [9.17, 15) is 4.79 Å². The molecule has 0 saturated heterocycles. The summed E-state index contributed by atoms with van der Waals surface area (Å²) in [4.78, 5) is 10.3. The van der Waals surface area contributed by atoms with Crippen LogP contribution in [0.3, 0.4) is 0 Å². The van der Waals surface area contributed by atoms with Crippen LogP contribution >= 0.6 is 0 Å². The van der Waals surface area contributed by atoms with Gasteiger partial charge >= 0.3 is 0 Å². The van der Waals surface area contributed by atoms with Crippen LogP contribution in [0, 0.1) is 0 Å². The summed E-state index contributed by atoms with van der Waals surface area (Å²) in [6.07, 6.45) is 5.52. The van der Waals surface area contributed by atoms with Crippen LogP contribution in [0.5, 0.6) is 0 Å². The fourth-order valence-corrected chi connectivity index (χ4v) is 0.416. The predicted octanol–water partition coefficient (Wildman–Crippen LogP) is 2.73. The predicted molar refractivity (Wildman–Crippen MR) is 46.0 cm³/mol. The largest absolute Gasteiger partial charge is 0.300 e. The van der Waals surface area contributed by atoms with E-state index in [0.717, 1.165) is 6.42 Å². The van der Waals surface area contributed by atoms with Gasteiger partial charge in [0.1, 0.15) is 5.78 Å². The lowest BCUT2D eigenvalue weighted by Gasteiger charge is -1.80. The highest BCUT2D eigenvalue weighted by molar-refractivity contribution is 5.76. The second-order valence-electron chi connectivity index (χ2n) is 1.79. The molecule has 0 aliphatic heterocycles. The number of carbonyl (C=O) groups is 1. The van der Waals surface area contributed by atoms with E-state index in [-0.39, 0.29) is 5.78 Å². The number of allylic oxidation sites excluding steroid dienone is 2. The van der Waals surface area contributed by atoms with Gasteiger partial charge in [-0.05, 0) is 13.3 Å². The van der Waals surface area contributed by atoms with Gasteiger partial charge in [0.25, 0.3) is 0 Å². The van der Waals surface area contributed by atoms with E-state index in [4.69, 9.17) is 0 Å². The molecule has 10 heavy (non-hydrogen) atoms. The molecule has 0 fully saturated rings. The van der Waals surface area contributed by atoms with E-state index >= 15 is 0 Å². The molecule has 0 saturated carbocycles. The molecule has 0 aromatic carbocycles. The van der Waals surface area contributed by atoms with E-state index in [2.05, 4.69) is 20.1 Å². The Morgan fingerprint density at radius 1 is 1.40 bits per heavy atom. The van der Waals surface area contributed by atoms with Crippen molar-refractivity contribution in [2.24, 2.45) is 0 Å². The molecule has 0 amide bonds. The average Bonchev–Trinajstić information content (AvgIpc) is 1.92. The molecule has 0 aromatic rings. The maximum Gasteiger partial charge on any atom is 0.133 e. The highest BCUT2D eigenvalue weighted by atomic mass is 16.1. The quantitative estimate of drug-likeness (QED) is 0.551. The molecule has 0 aliphatic rings. The molecule has 0 spiro atoms. The third kappa shape index (κ3) is 15.7. The van der Waals surface area contributed by atoms with Crippen molar-refractivity contribution < 1.29 is 4.79 Å². The van der Waals surface area contributed by atoms with E-state index in [0.29, 0.717) is 6.42 Å². The first-order valence-corrected chi connectivity index (χ1v) is 3.41. The van der Waals surface area contributed by atoms with Gasteiger partial charge in [-0.25, -0.2) is 0 Å². The Bertz CT molecular complexity index is 103. The monoisotopic (exact) mass is 140 g/mol. The SMILES string of the molecule is C=C.CCC=CCC(C)=O. The molecule has 0 radical (unpaired) electrons. The normalized spacial score (nSPS) is 8.60. The Hall–Kier alpha value is -0.850. The minimum Gasteiger partial charge on any atom is -0.300 e. The summed E-state index contributed by atoms with van der Waals surface area (Å²) in [7, 11) is 0. The fourth-order valence-electron chi connectivity index (χ4n) is 0.416. The molecule has 58 valence electrons. The highest BCUT2D eigenvalue weighted by Gasteiger charge is 1.82. The fraction of sp³-hybridized carbons (Fsp3) is 0.444. The molecule has 1 heteroatoms. The van der Waals surface area contributed by atoms with Gasteiger partial charge in [0, 0.05) is 6.42 Å². The summed E-state index contributed by atoms with van der Waals surface area (Å²) in [6.45, 7) is 9.65. The summed E-state index contributed by atoms with van der Waals surface area (Å²) in [5, 5.41) is 0. The van der Waals surface area contributed by atoms with Gasteiger partial charge in [-0.2, -0.15) is 0 Å². The second kappa shape index (κ2) is 11.0. The first-order valence-electron chi connectivity index (χ1n) is 3.41. The maximum atomic E-state index is 10.3. The lowest BCUT2D eigenvalue weighted by molar-refractivity contribution is -0.116. The van der Waals surface area contributed by atoms with Gasteiger partial charge in [-0.15, -0.1) is 13.2 Å². The van der Waals surface area contributed by atoms with Crippen molar-refractivity contribution in [3.63, 3.8) is 0 Å².